The maximum absolute atomic E-state index is 12.3. The van der Waals surface area contributed by atoms with E-state index in [0.29, 0.717) is 17.8 Å². The Morgan fingerprint density at radius 3 is 2.63 bits per heavy atom. The zero-order chi connectivity index (χ0) is 14.2. The number of carbonyl (C=O) groups is 2. The van der Waals surface area contributed by atoms with Gasteiger partial charge < -0.3 is 15.7 Å². The van der Waals surface area contributed by atoms with Crippen molar-refractivity contribution >= 4 is 33.5 Å². The molecule has 1 aliphatic rings. The summed E-state index contributed by atoms with van der Waals surface area (Å²) in [6, 6.07) is 5.00. The number of hydrogen-bond donors (Lipinski definition) is 2. The van der Waals surface area contributed by atoms with Crippen LogP contribution in [0.25, 0.3) is 0 Å². The van der Waals surface area contributed by atoms with Gasteiger partial charge in [0.15, 0.2) is 0 Å². The molecule has 19 heavy (non-hydrogen) atoms. The second kappa shape index (κ2) is 5.21. The van der Waals surface area contributed by atoms with Crippen LogP contribution in [0.1, 0.15) is 17.3 Å². The molecule has 0 unspecified atom stereocenters. The molecule has 1 amide bonds. The van der Waals surface area contributed by atoms with Gasteiger partial charge in [0.05, 0.1) is 5.92 Å². The number of benzene rings is 1. The summed E-state index contributed by atoms with van der Waals surface area (Å²) in [6.45, 7) is 2.57. The minimum atomic E-state index is -0.849. The van der Waals surface area contributed by atoms with Crippen LogP contribution in [0.15, 0.2) is 22.7 Å². The quantitative estimate of drug-likeness (QED) is 0.812. The number of carboxylic acid groups (broad SMARTS) is 1. The Morgan fingerprint density at radius 2 is 2.11 bits per heavy atom. The molecule has 102 valence electrons. The molecule has 6 heteroatoms. The first-order valence-corrected chi connectivity index (χ1v) is 6.76. The fourth-order valence-corrected chi connectivity index (χ4v) is 2.56. The second-order valence-electron chi connectivity index (χ2n) is 4.87. The second-order valence-corrected chi connectivity index (χ2v) is 5.72. The van der Waals surface area contributed by atoms with Crippen molar-refractivity contribution in [1.82, 2.24) is 4.90 Å². The molecule has 1 aliphatic heterocycles. The highest BCUT2D eigenvalue weighted by molar-refractivity contribution is 9.10. The number of likely N-dealkylation sites (tertiary alicyclic amines) is 1. The summed E-state index contributed by atoms with van der Waals surface area (Å²) in [7, 11) is 0. The van der Waals surface area contributed by atoms with Gasteiger partial charge in [-0.2, -0.15) is 0 Å². The minimum Gasteiger partial charge on any atom is -0.481 e. The average Bonchev–Trinajstić information content (AvgIpc) is 2.74. The van der Waals surface area contributed by atoms with Gasteiger partial charge in [-0.25, -0.2) is 0 Å². The highest BCUT2D eigenvalue weighted by Crippen LogP contribution is 2.26. The molecule has 1 saturated heterocycles. The lowest BCUT2D eigenvalue weighted by Gasteiger charge is -2.16. The van der Waals surface area contributed by atoms with Gasteiger partial charge in [-0.15, -0.1) is 0 Å². The van der Waals surface area contributed by atoms with Crippen molar-refractivity contribution in [3.8, 4) is 0 Å². The van der Waals surface area contributed by atoms with E-state index in [0.717, 1.165) is 4.47 Å². The Bertz CT molecular complexity index is 533. The number of carboxylic acids is 1. The molecule has 5 nitrogen and oxygen atoms in total. The highest BCUT2D eigenvalue weighted by atomic mass is 79.9. The smallest absolute Gasteiger partial charge is 0.308 e. The molecular weight excluding hydrogens is 312 g/mol. The van der Waals surface area contributed by atoms with Crippen molar-refractivity contribution < 1.29 is 14.7 Å². The van der Waals surface area contributed by atoms with Gasteiger partial charge in [0.25, 0.3) is 5.91 Å². The van der Waals surface area contributed by atoms with Crippen molar-refractivity contribution in [2.75, 3.05) is 18.8 Å². The number of rotatable bonds is 2. The van der Waals surface area contributed by atoms with Gasteiger partial charge in [0.1, 0.15) is 0 Å². The van der Waals surface area contributed by atoms with E-state index < -0.39 is 11.9 Å². The van der Waals surface area contributed by atoms with Gasteiger partial charge in [-0.3, -0.25) is 9.59 Å². The largest absolute Gasteiger partial charge is 0.481 e. The summed E-state index contributed by atoms with van der Waals surface area (Å²) in [4.78, 5) is 24.9. The molecule has 1 aromatic carbocycles. The van der Waals surface area contributed by atoms with Gasteiger partial charge in [0.2, 0.25) is 0 Å². The monoisotopic (exact) mass is 326 g/mol. The van der Waals surface area contributed by atoms with Crippen LogP contribution in [0.3, 0.4) is 0 Å². The Morgan fingerprint density at radius 1 is 1.42 bits per heavy atom. The minimum absolute atomic E-state index is 0.0331. The lowest BCUT2D eigenvalue weighted by atomic mass is 9.99. The Labute approximate surface area is 119 Å². The van der Waals surface area contributed by atoms with Crippen LogP contribution in [0, 0.1) is 11.8 Å². The molecular formula is C13H15BrN2O3. The van der Waals surface area contributed by atoms with Crippen molar-refractivity contribution in [3.63, 3.8) is 0 Å². The van der Waals surface area contributed by atoms with Gasteiger partial charge >= 0.3 is 5.97 Å². The van der Waals surface area contributed by atoms with E-state index in [1.54, 1.807) is 23.1 Å². The number of halogens is 1. The number of nitrogens with zero attached hydrogens (tertiary/aromatic N) is 1. The molecule has 0 bridgehead atoms. The van der Waals surface area contributed by atoms with Crippen molar-refractivity contribution in [2.24, 2.45) is 11.8 Å². The van der Waals surface area contributed by atoms with Crippen LogP contribution in [-0.2, 0) is 4.79 Å². The Kier molecular flexibility index (Phi) is 3.80. The summed E-state index contributed by atoms with van der Waals surface area (Å²) < 4.78 is 0.738. The molecule has 3 N–H and O–H groups in total. The van der Waals surface area contributed by atoms with Crippen LogP contribution in [-0.4, -0.2) is 35.0 Å². The average molecular weight is 327 g/mol. The lowest BCUT2D eigenvalue weighted by molar-refractivity contribution is -0.142. The Hall–Kier alpha value is -1.56. The Balaban J connectivity index is 2.17. The van der Waals surface area contributed by atoms with Crippen LogP contribution >= 0.6 is 15.9 Å². The number of nitrogens with two attached hydrogens (primary N) is 1. The zero-order valence-electron chi connectivity index (χ0n) is 10.5. The molecule has 2 rings (SSSR count). The third-order valence-corrected chi connectivity index (χ3v) is 4.18. The predicted octanol–water partition coefficient (Wildman–Crippen LogP) is 1.82. The zero-order valence-corrected chi connectivity index (χ0v) is 12.1. The number of anilines is 1. The van der Waals surface area contributed by atoms with E-state index in [1.807, 2.05) is 6.92 Å². The van der Waals surface area contributed by atoms with Crippen molar-refractivity contribution in [3.05, 3.63) is 28.2 Å². The molecule has 0 spiro atoms. The predicted molar refractivity (Wildman–Crippen MR) is 74.7 cm³/mol. The molecule has 0 saturated carbocycles. The molecule has 0 aliphatic carbocycles. The number of hydrogen-bond acceptors (Lipinski definition) is 3. The molecule has 0 aromatic heterocycles. The van der Waals surface area contributed by atoms with Crippen LogP contribution in [0.2, 0.25) is 0 Å². The molecule has 0 radical (unpaired) electrons. The van der Waals surface area contributed by atoms with Crippen LogP contribution in [0.4, 0.5) is 5.69 Å². The number of nitrogen functional groups attached to an aromatic ring is 1. The molecule has 2 atom stereocenters. The van der Waals surface area contributed by atoms with Crippen LogP contribution < -0.4 is 5.73 Å². The highest BCUT2D eigenvalue weighted by Gasteiger charge is 2.37. The van der Waals surface area contributed by atoms with E-state index in [-0.39, 0.29) is 18.4 Å². The first-order valence-electron chi connectivity index (χ1n) is 5.97. The number of amides is 1. The SMILES string of the molecule is C[C@@H]1CN(C(=O)c2ccc(Br)c(N)c2)C[C@H]1C(=O)O. The molecule has 1 heterocycles. The lowest BCUT2D eigenvalue weighted by Crippen LogP contribution is -2.30. The summed E-state index contributed by atoms with van der Waals surface area (Å²) in [5.41, 5.74) is 6.73. The first kappa shape index (κ1) is 13.9. The van der Waals surface area contributed by atoms with E-state index >= 15 is 0 Å². The fraction of sp³-hybridized carbons (Fsp3) is 0.385. The van der Waals surface area contributed by atoms with Gasteiger partial charge in [0, 0.05) is 28.8 Å². The summed E-state index contributed by atoms with van der Waals surface area (Å²) >= 11 is 3.27. The van der Waals surface area contributed by atoms with Crippen molar-refractivity contribution in [2.45, 2.75) is 6.92 Å². The van der Waals surface area contributed by atoms with Gasteiger partial charge in [-0.1, -0.05) is 6.92 Å². The van der Waals surface area contributed by atoms with E-state index in [2.05, 4.69) is 15.9 Å². The number of carbonyl (C=O) groups excluding carboxylic acids is 1. The number of aliphatic carboxylic acids is 1. The summed E-state index contributed by atoms with van der Waals surface area (Å²) in [5, 5.41) is 9.07. The fourth-order valence-electron chi connectivity index (χ4n) is 2.31. The van der Waals surface area contributed by atoms with Gasteiger partial charge in [-0.05, 0) is 40.0 Å². The third kappa shape index (κ3) is 2.73. The maximum atomic E-state index is 12.3. The normalized spacial score (nSPS) is 22.5. The third-order valence-electron chi connectivity index (χ3n) is 3.46. The van der Waals surface area contributed by atoms with E-state index in [4.69, 9.17) is 10.8 Å². The first-order chi connectivity index (χ1) is 8.90. The van der Waals surface area contributed by atoms with E-state index in [9.17, 15) is 9.59 Å². The molecule has 1 fully saturated rings. The molecule has 1 aromatic rings. The maximum Gasteiger partial charge on any atom is 0.308 e. The van der Waals surface area contributed by atoms with Crippen molar-refractivity contribution in [1.29, 1.82) is 0 Å². The van der Waals surface area contributed by atoms with E-state index in [1.165, 1.54) is 0 Å². The summed E-state index contributed by atoms with van der Waals surface area (Å²) in [6.07, 6.45) is 0. The standard InChI is InChI=1S/C13H15BrN2O3/c1-7-5-16(6-9(7)13(18)19)12(17)8-2-3-10(14)11(15)4-8/h2-4,7,9H,5-6,15H2,1H3,(H,18,19)/t7-,9-/m1/s1. The topological polar surface area (TPSA) is 83.6 Å². The summed E-state index contributed by atoms with van der Waals surface area (Å²) in [5.74, 6) is -1.54. The van der Waals surface area contributed by atoms with Crippen LogP contribution in [0.5, 0.6) is 0 Å².